The third-order valence-electron chi connectivity index (χ3n) is 3.97. The zero-order valence-electron chi connectivity index (χ0n) is 13.1. The second-order valence-corrected chi connectivity index (χ2v) is 5.57. The molecule has 0 bridgehead atoms. The van der Waals surface area contributed by atoms with E-state index in [9.17, 15) is 14.4 Å². The third-order valence-corrected chi connectivity index (χ3v) is 3.97. The highest BCUT2D eigenvalue weighted by Gasteiger charge is 2.24. The van der Waals surface area contributed by atoms with Crippen LogP contribution >= 0.6 is 0 Å². The van der Waals surface area contributed by atoms with Gasteiger partial charge in [-0.05, 0) is 30.9 Å². The summed E-state index contributed by atoms with van der Waals surface area (Å²) in [7, 11) is 1.30. The lowest BCUT2D eigenvalue weighted by Gasteiger charge is -2.31. The summed E-state index contributed by atoms with van der Waals surface area (Å²) in [4.78, 5) is 36.6. The van der Waals surface area contributed by atoms with E-state index in [1.165, 1.54) is 7.11 Å². The summed E-state index contributed by atoms with van der Waals surface area (Å²) in [6.45, 7) is 1.12. The first-order valence-corrected chi connectivity index (χ1v) is 7.53. The van der Waals surface area contributed by atoms with Gasteiger partial charge in [0.25, 0.3) is 0 Å². The molecule has 0 atom stereocenters. The Balaban J connectivity index is 1.96. The molecular weight excluding hydrogens is 298 g/mol. The van der Waals surface area contributed by atoms with Crippen LogP contribution < -0.4 is 11.1 Å². The number of para-hydroxylation sites is 1. The van der Waals surface area contributed by atoms with Crippen molar-refractivity contribution in [2.24, 2.45) is 11.7 Å². The van der Waals surface area contributed by atoms with Crippen molar-refractivity contribution in [3.8, 4) is 0 Å². The summed E-state index contributed by atoms with van der Waals surface area (Å²) < 4.78 is 4.71. The Morgan fingerprint density at radius 1 is 1.26 bits per heavy atom. The van der Waals surface area contributed by atoms with Crippen molar-refractivity contribution in [1.82, 2.24) is 4.90 Å². The topological polar surface area (TPSA) is 102 Å². The highest BCUT2D eigenvalue weighted by Crippen LogP contribution is 2.22. The van der Waals surface area contributed by atoms with Gasteiger partial charge in [0.05, 0.1) is 18.4 Å². The molecule has 2 rings (SSSR count). The number of urea groups is 1. The lowest BCUT2D eigenvalue weighted by molar-refractivity contribution is -0.119. The minimum Gasteiger partial charge on any atom is -0.465 e. The monoisotopic (exact) mass is 319 g/mol. The smallest absolute Gasteiger partial charge is 0.339 e. The van der Waals surface area contributed by atoms with Crippen LogP contribution in [0, 0.1) is 5.92 Å². The molecule has 0 saturated carbocycles. The fourth-order valence-corrected chi connectivity index (χ4v) is 2.70. The summed E-state index contributed by atoms with van der Waals surface area (Å²) in [5.74, 6) is -0.570. The summed E-state index contributed by atoms with van der Waals surface area (Å²) >= 11 is 0. The van der Waals surface area contributed by atoms with Gasteiger partial charge in [-0.15, -0.1) is 0 Å². The molecule has 124 valence electrons. The molecule has 3 N–H and O–H groups in total. The number of carbonyl (C=O) groups is 3. The largest absolute Gasteiger partial charge is 0.465 e. The van der Waals surface area contributed by atoms with Gasteiger partial charge in [0, 0.05) is 19.5 Å². The molecule has 23 heavy (non-hydrogen) atoms. The molecule has 1 heterocycles. The van der Waals surface area contributed by atoms with Gasteiger partial charge in [-0.3, -0.25) is 4.79 Å². The number of hydrogen-bond acceptors (Lipinski definition) is 4. The second kappa shape index (κ2) is 7.62. The van der Waals surface area contributed by atoms with Crippen LogP contribution in [-0.2, 0) is 9.53 Å². The number of anilines is 1. The molecule has 0 spiro atoms. The first-order valence-electron chi connectivity index (χ1n) is 7.53. The van der Waals surface area contributed by atoms with Crippen LogP contribution in [0.15, 0.2) is 24.3 Å². The summed E-state index contributed by atoms with van der Waals surface area (Å²) in [6, 6.07) is 6.43. The number of nitrogens with zero attached hydrogens (tertiary/aromatic N) is 1. The fraction of sp³-hybridized carbons (Fsp3) is 0.438. The maximum absolute atomic E-state index is 12.3. The zero-order valence-corrected chi connectivity index (χ0v) is 13.1. The van der Waals surface area contributed by atoms with Crippen LogP contribution in [-0.4, -0.2) is 43.0 Å². The molecule has 0 aliphatic carbocycles. The molecule has 1 aliphatic rings. The van der Waals surface area contributed by atoms with Crippen LogP contribution in [0.25, 0.3) is 0 Å². The van der Waals surface area contributed by atoms with Crippen molar-refractivity contribution in [3.05, 3.63) is 29.8 Å². The van der Waals surface area contributed by atoms with E-state index in [1.807, 2.05) is 0 Å². The van der Waals surface area contributed by atoms with Crippen molar-refractivity contribution in [1.29, 1.82) is 0 Å². The Bertz CT molecular complexity index is 595. The van der Waals surface area contributed by atoms with Crippen molar-refractivity contribution >= 4 is 23.6 Å². The van der Waals surface area contributed by atoms with Gasteiger partial charge in [-0.25, -0.2) is 9.59 Å². The number of piperidine rings is 1. The number of rotatable bonds is 4. The highest BCUT2D eigenvalue weighted by molar-refractivity contribution is 6.00. The normalized spacial score (nSPS) is 15.1. The number of nitrogens with one attached hydrogen (secondary N) is 1. The molecule has 1 aromatic rings. The van der Waals surface area contributed by atoms with Crippen LogP contribution in [0.2, 0.25) is 0 Å². The van der Waals surface area contributed by atoms with Crippen LogP contribution in [0.4, 0.5) is 10.5 Å². The molecule has 1 aromatic carbocycles. The molecule has 0 radical (unpaired) electrons. The number of likely N-dealkylation sites (tertiary alicyclic amines) is 1. The summed E-state index contributed by atoms with van der Waals surface area (Å²) in [6.07, 6.45) is 1.85. The van der Waals surface area contributed by atoms with Crippen molar-refractivity contribution in [3.63, 3.8) is 0 Å². The quantitative estimate of drug-likeness (QED) is 0.823. The van der Waals surface area contributed by atoms with E-state index in [-0.39, 0.29) is 17.9 Å². The Labute approximate surface area is 134 Å². The van der Waals surface area contributed by atoms with E-state index in [1.54, 1.807) is 29.2 Å². The average molecular weight is 319 g/mol. The van der Waals surface area contributed by atoms with Crippen LogP contribution in [0.1, 0.15) is 29.6 Å². The molecule has 7 nitrogen and oxygen atoms in total. The van der Waals surface area contributed by atoms with Gasteiger partial charge in [-0.1, -0.05) is 12.1 Å². The molecule has 1 fully saturated rings. The van der Waals surface area contributed by atoms with Crippen molar-refractivity contribution in [2.45, 2.75) is 19.3 Å². The standard InChI is InChI=1S/C16H21N3O4/c1-23-15(21)12-4-2-3-5-13(12)18-16(22)19-8-6-11(7-9-19)10-14(17)20/h2-5,11H,6-10H2,1H3,(H2,17,20)(H,18,22). The van der Waals surface area contributed by atoms with Gasteiger partial charge < -0.3 is 20.7 Å². The molecule has 1 saturated heterocycles. The molecule has 1 aliphatic heterocycles. The summed E-state index contributed by atoms with van der Waals surface area (Å²) in [5.41, 5.74) is 5.93. The summed E-state index contributed by atoms with van der Waals surface area (Å²) in [5, 5.41) is 2.75. The molecule has 0 aromatic heterocycles. The van der Waals surface area contributed by atoms with E-state index in [0.717, 1.165) is 12.8 Å². The number of amides is 3. The predicted octanol–water partition coefficient (Wildman–Crippen LogP) is 1.59. The SMILES string of the molecule is COC(=O)c1ccccc1NC(=O)N1CCC(CC(N)=O)CC1. The Morgan fingerprint density at radius 3 is 2.52 bits per heavy atom. The Hall–Kier alpha value is -2.57. The van der Waals surface area contributed by atoms with E-state index in [4.69, 9.17) is 10.5 Å². The minimum absolute atomic E-state index is 0.235. The van der Waals surface area contributed by atoms with Crippen molar-refractivity contribution in [2.75, 3.05) is 25.5 Å². The Kier molecular flexibility index (Phi) is 5.56. The number of primary amides is 1. The average Bonchev–Trinajstić information content (AvgIpc) is 2.54. The predicted molar refractivity (Wildman–Crippen MR) is 84.9 cm³/mol. The maximum atomic E-state index is 12.3. The number of ether oxygens (including phenoxy) is 1. The fourth-order valence-electron chi connectivity index (χ4n) is 2.70. The number of carbonyl (C=O) groups excluding carboxylic acids is 3. The lowest BCUT2D eigenvalue weighted by atomic mass is 9.93. The number of nitrogens with two attached hydrogens (primary N) is 1. The molecule has 3 amide bonds. The first-order chi connectivity index (χ1) is 11.0. The first kappa shape index (κ1) is 16.8. The highest BCUT2D eigenvalue weighted by atomic mass is 16.5. The van der Waals surface area contributed by atoms with Gasteiger partial charge in [0.15, 0.2) is 0 Å². The number of hydrogen-bond donors (Lipinski definition) is 2. The van der Waals surface area contributed by atoms with Crippen molar-refractivity contribution < 1.29 is 19.1 Å². The second-order valence-electron chi connectivity index (χ2n) is 5.57. The maximum Gasteiger partial charge on any atom is 0.339 e. The minimum atomic E-state index is -0.499. The number of esters is 1. The van der Waals surface area contributed by atoms with E-state index in [2.05, 4.69) is 5.32 Å². The van der Waals surface area contributed by atoms with Crippen LogP contribution in [0.5, 0.6) is 0 Å². The lowest BCUT2D eigenvalue weighted by Crippen LogP contribution is -2.41. The Morgan fingerprint density at radius 2 is 1.91 bits per heavy atom. The van der Waals surface area contributed by atoms with Gasteiger partial charge in [0.1, 0.15) is 0 Å². The third kappa shape index (κ3) is 4.45. The van der Waals surface area contributed by atoms with Gasteiger partial charge in [-0.2, -0.15) is 0 Å². The van der Waals surface area contributed by atoms with E-state index in [0.29, 0.717) is 30.8 Å². The van der Waals surface area contributed by atoms with Gasteiger partial charge in [0.2, 0.25) is 5.91 Å². The number of methoxy groups -OCH3 is 1. The zero-order chi connectivity index (χ0) is 16.8. The molecule has 0 unspecified atom stereocenters. The van der Waals surface area contributed by atoms with E-state index < -0.39 is 5.97 Å². The van der Waals surface area contributed by atoms with E-state index >= 15 is 0 Å². The number of benzene rings is 1. The molecular formula is C16H21N3O4. The molecule has 7 heteroatoms. The van der Waals surface area contributed by atoms with Crippen LogP contribution in [0.3, 0.4) is 0 Å². The van der Waals surface area contributed by atoms with Gasteiger partial charge >= 0.3 is 12.0 Å².